The number of rotatable bonds is 1. The Balaban J connectivity index is 0. The maximum Gasteiger partial charge on any atom is 0.211 e. The third kappa shape index (κ3) is 5.76. The zero-order valence-corrected chi connectivity index (χ0v) is 4.46. The maximum absolute atomic E-state index is 9.91. The van der Waals surface area contributed by atoms with Gasteiger partial charge >= 0.3 is 0 Å². The minimum Gasteiger partial charge on any atom is -0.282 e. The summed E-state index contributed by atoms with van der Waals surface area (Å²) in [5.74, 6) is 0. The predicted molar refractivity (Wildman–Crippen MR) is 35.5 cm³/mol. The van der Waals surface area contributed by atoms with Crippen LogP contribution in [-0.2, 0) is 4.79 Å². The normalized spacial score (nSPS) is 6.57. The van der Waals surface area contributed by atoms with Crippen molar-refractivity contribution in [2.75, 3.05) is 0 Å². The summed E-state index contributed by atoms with van der Waals surface area (Å²) in [7, 11) is 0. The van der Waals surface area contributed by atoms with Crippen molar-refractivity contribution in [2.45, 2.75) is 14.4 Å². The van der Waals surface area contributed by atoms with Gasteiger partial charge in [0.05, 0.1) is 0 Å². The van der Waals surface area contributed by atoms with Crippen molar-refractivity contribution in [3.63, 3.8) is 0 Å². The lowest BCUT2D eigenvalue weighted by Crippen LogP contribution is -1.81. The second kappa shape index (κ2) is 3.93. The molecule has 0 bridgehead atoms. The van der Waals surface area contributed by atoms with Gasteiger partial charge in [0, 0.05) is 0 Å². The van der Waals surface area contributed by atoms with Gasteiger partial charge in [0.25, 0.3) is 0 Å². The van der Waals surface area contributed by atoms with Crippen LogP contribution in [0, 0.1) is 0 Å². The molecule has 0 heterocycles. The molecule has 7 heavy (non-hydrogen) atoms. The molecule has 1 nitrogen and oxygen atoms in total. The van der Waals surface area contributed by atoms with Crippen molar-refractivity contribution < 1.29 is 4.79 Å². The first kappa shape index (κ1) is 9.90. The molecule has 0 unspecified atom stereocenters. The van der Waals surface area contributed by atoms with Crippen molar-refractivity contribution in [3.8, 4) is 0 Å². The summed E-state index contributed by atoms with van der Waals surface area (Å²) in [6.07, 6.45) is 0. The first-order valence-corrected chi connectivity index (χ1v) is 1.98. The average Bonchev–Trinajstić information content (AvgIpc) is 1.36. The molecule has 0 saturated heterocycles. The van der Waals surface area contributed by atoms with Gasteiger partial charge in [0.15, 0.2) is 0 Å². The van der Waals surface area contributed by atoms with Crippen LogP contribution in [0.1, 0.15) is 14.4 Å². The number of hydrogen-bond donors (Lipinski definition) is 1. The highest BCUT2D eigenvalue weighted by Gasteiger charge is 1.87. The summed E-state index contributed by atoms with van der Waals surface area (Å²) in [6.45, 7) is 4.95. The van der Waals surface area contributed by atoms with E-state index < -0.39 is 0 Å². The summed E-state index contributed by atoms with van der Waals surface area (Å²) in [4.78, 5) is 9.91. The number of thiol groups is 1. The predicted octanol–water partition coefficient (Wildman–Crippen LogP) is 1.66. The molecule has 0 aromatic rings. The van der Waals surface area contributed by atoms with E-state index >= 15 is 0 Å². The third-order valence-corrected chi connectivity index (χ3v) is 0.747. The molecule has 2 heteroatoms. The molecule has 42 valence electrons. The first-order valence-electron chi connectivity index (χ1n) is 1.53. The summed E-state index contributed by atoms with van der Waals surface area (Å²) in [5, 5.41) is -0.241. The zero-order valence-electron chi connectivity index (χ0n) is 3.56. The molecular formula is C5H10OS. The Morgan fingerprint density at radius 1 is 1.71 bits per heavy atom. The Bertz CT molecular complexity index is 74.1. The van der Waals surface area contributed by atoms with Crippen molar-refractivity contribution in [3.05, 3.63) is 12.2 Å². The van der Waals surface area contributed by atoms with Gasteiger partial charge in [-0.25, -0.2) is 0 Å². The molecule has 0 rings (SSSR count). The van der Waals surface area contributed by atoms with Crippen LogP contribution in [0.2, 0.25) is 0 Å². The van der Waals surface area contributed by atoms with E-state index in [0.29, 0.717) is 5.57 Å². The largest absolute Gasteiger partial charge is 0.282 e. The highest BCUT2D eigenvalue weighted by Crippen LogP contribution is 1.90. The van der Waals surface area contributed by atoms with Gasteiger partial charge in [0.2, 0.25) is 5.12 Å². The van der Waals surface area contributed by atoms with Crippen LogP contribution in [0.4, 0.5) is 0 Å². The topological polar surface area (TPSA) is 17.1 Å². The highest BCUT2D eigenvalue weighted by molar-refractivity contribution is 7.97. The van der Waals surface area contributed by atoms with Crippen LogP contribution < -0.4 is 0 Å². The average molecular weight is 118 g/mol. The van der Waals surface area contributed by atoms with E-state index in [4.69, 9.17) is 0 Å². The molecule has 0 aliphatic heterocycles. The molecule has 0 N–H and O–H groups in total. The molecule has 0 aromatic heterocycles. The maximum atomic E-state index is 9.91. The fourth-order valence-corrected chi connectivity index (χ4v) is 0. The van der Waals surface area contributed by atoms with Gasteiger partial charge in [-0.15, -0.1) is 12.6 Å². The van der Waals surface area contributed by atoms with Crippen LogP contribution in [0.3, 0.4) is 0 Å². The van der Waals surface area contributed by atoms with Crippen LogP contribution in [0.25, 0.3) is 0 Å². The van der Waals surface area contributed by atoms with Gasteiger partial charge in [0.1, 0.15) is 0 Å². The van der Waals surface area contributed by atoms with E-state index in [2.05, 4.69) is 19.2 Å². The molecular weight excluding hydrogens is 108 g/mol. The molecule has 0 aliphatic rings. The van der Waals surface area contributed by atoms with Crippen molar-refractivity contribution in [2.24, 2.45) is 0 Å². The van der Waals surface area contributed by atoms with Crippen molar-refractivity contribution in [1.82, 2.24) is 0 Å². The lowest BCUT2D eigenvalue weighted by molar-refractivity contribution is -0.107. The Kier molecular flexibility index (Phi) is 5.56. The lowest BCUT2D eigenvalue weighted by atomic mass is 10.4. The Morgan fingerprint density at radius 2 is 1.86 bits per heavy atom. The summed E-state index contributed by atoms with van der Waals surface area (Å²) < 4.78 is 0. The van der Waals surface area contributed by atoms with Crippen LogP contribution in [0.15, 0.2) is 12.2 Å². The lowest BCUT2D eigenvalue weighted by Gasteiger charge is -1.79. The molecule has 0 aromatic carbocycles. The third-order valence-electron chi connectivity index (χ3n) is 0.365. The van der Waals surface area contributed by atoms with Gasteiger partial charge in [-0.3, -0.25) is 4.79 Å². The van der Waals surface area contributed by atoms with Gasteiger partial charge in [-0.1, -0.05) is 14.0 Å². The number of carbonyl (C=O) groups is 1. The van der Waals surface area contributed by atoms with Crippen molar-refractivity contribution in [1.29, 1.82) is 0 Å². The molecule has 0 saturated carbocycles. The van der Waals surface area contributed by atoms with Gasteiger partial charge < -0.3 is 0 Å². The SMILES string of the molecule is C.C=C(C)C(=O)S. The molecule has 0 radical (unpaired) electrons. The summed E-state index contributed by atoms with van der Waals surface area (Å²) >= 11 is 3.45. The fraction of sp³-hybridized carbons (Fsp3) is 0.400. The Labute approximate surface area is 49.8 Å². The van der Waals surface area contributed by atoms with E-state index in [9.17, 15) is 4.79 Å². The summed E-state index contributed by atoms with van der Waals surface area (Å²) in [6, 6.07) is 0. The molecule has 0 fully saturated rings. The minimum atomic E-state index is -0.241. The van der Waals surface area contributed by atoms with Gasteiger partial charge in [-0.05, 0) is 12.5 Å². The molecule has 0 atom stereocenters. The second-order valence-corrected chi connectivity index (χ2v) is 1.49. The van der Waals surface area contributed by atoms with Crippen LogP contribution in [-0.4, -0.2) is 5.12 Å². The quantitative estimate of drug-likeness (QED) is 0.409. The molecule has 0 aliphatic carbocycles. The van der Waals surface area contributed by atoms with E-state index in [0.717, 1.165) is 0 Å². The minimum absolute atomic E-state index is 0. The van der Waals surface area contributed by atoms with Crippen LogP contribution >= 0.6 is 12.6 Å². The zero-order chi connectivity index (χ0) is 5.15. The van der Waals surface area contributed by atoms with E-state index in [-0.39, 0.29) is 12.5 Å². The van der Waals surface area contributed by atoms with E-state index in [1.165, 1.54) is 0 Å². The highest BCUT2D eigenvalue weighted by atomic mass is 32.1. The number of carbonyl (C=O) groups excluding carboxylic acids is 1. The van der Waals surface area contributed by atoms with E-state index in [1.54, 1.807) is 6.92 Å². The Hall–Kier alpha value is -0.240. The first-order chi connectivity index (χ1) is 2.64. The molecule has 0 amide bonds. The van der Waals surface area contributed by atoms with Crippen LogP contribution in [0.5, 0.6) is 0 Å². The Morgan fingerprint density at radius 3 is 1.86 bits per heavy atom. The number of hydrogen-bond acceptors (Lipinski definition) is 1. The second-order valence-electron chi connectivity index (χ2n) is 1.09. The summed E-state index contributed by atoms with van der Waals surface area (Å²) in [5.41, 5.74) is 0.485. The smallest absolute Gasteiger partial charge is 0.211 e. The van der Waals surface area contributed by atoms with E-state index in [1.807, 2.05) is 0 Å². The molecule has 0 spiro atoms. The monoisotopic (exact) mass is 118 g/mol. The van der Waals surface area contributed by atoms with Gasteiger partial charge in [-0.2, -0.15) is 0 Å². The van der Waals surface area contributed by atoms with Crippen molar-refractivity contribution >= 4 is 17.7 Å². The fourth-order valence-electron chi connectivity index (χ4n) is 0. The standard InChI is InChI=1S/C4H6OS.CH4/c1-3(2)4(5)6;/h1H2,2H3,(H,5,6);1H4.